The Morgan fingerprint density at radius 3 is 2.21 bits per heavy atom. The van der Waals surface area contributed by atoms with Crippen LogP contribution in [0.15, 0.2) is 34.8 Å². The van der Waals surface area contributed by atoms with Gasteiger partial charge in [-0.25, -0.2) is 0 Å². The van der Waals surface area contributed by atoms with Crippen LogP contribution in [-0.2, 0) is 0 Å². The Kier molecular flexibility index (Phi) is 4.75. The van der Waals surface area contributed by atoms with Gasteiger partial charge in [0.25, 0.3) is 0 Å². The highest BCUT2D eigenvalue weighted by molar-refractivity contribution is 9.10. The predicted octanol–water partition coefficient (Wildman–Crippen LogP) is 6.51. The van der Waals surface area contributed by atoms with Crippen LogP contribution in [-0.4, -0.2) is 0 Å². The second kappa shape index (κ2) is 5.99. The van der Waals surface area contributed by atoms with E-state index in [4.69, 9.17) is 11.6 Å². The predicted molar refractivity (Wildman–Crippen MR) is 90.6 cm³/mol. The molecule has 0 aliphatic carbocycles. The molecule has 0 amide bonds. The largest absolute Gasteiger partial charge is 0.0843 e. The molecular weight excluding hydrogens is 387 g/mol. The monoisotopic (exact) mass is 400 g/mol. The third kappa shape index (κ3) is 3.24. The van der Waals surface area contributed by atoms with Crippen LogP contribution in [0.2, 0.25) is 5.02 Å². The van der Waals surface area contributed by atoms with E-state index in [2.05, 4.69) is 70.8 Å². The summed E-state index contributed by atoms with van der Waals surface area (Å²) in [6, 6.07) is 10.4. The first-order chi connectivity index (χ1) is 8.90. The van der Waals surface area contributed by atoms with Crippen LogP contribution >= 0.6 is 43.5 Å². The fourth-order valence-corrected chi connectivity index (χ4v) is 3.75. The minimum Gasteiger partial charge on any atom is -0.0843 e. The average molecular weight is 403 g/mol. The van der Waals surface area contributed by atoms with Gasteiger partial charge in [0.15, 0.2) is 0 Å². The van der Waals surface area contributed by atoms with Crippen molar-refractivity contribution in [1.29, 1.82) is 0 Å². The molecule has 2 aromatic carbocycles. The maximum atomic E-state index is 6.12. The molecule has 0 aliphatic heterocycles. The fraction of sp³-hybridized carbons (Fsp3) is 0.250. The standard InChI is InChI=1S/C16H15Br2Cl/c1-9-4-5-12(19)8-14(9)16(18)13-6-11(3)15(17)7-10(13)2/h4-8,16H,1-3H3. The molecule has 1 atom stereocenters. The summed E-state index contributed by atoms with van der Waals surface area (Å²) in [5, 5.41) is 0.775. The van der Waals surface area contributed by atoms with Gasteiger partial charge in [0, 0.05) is 9.50 Å². The van der Waals surface area contributed by atoms with Crippen LogP contribution in [0.3, 0.4) is 0 Å². The average Bonchev–Trinajstić information content (AvgIpc) is 2.36. The van der Waals surface area contributed by atoms with Crippen molar-refractivity contribution in [3.8, 4) is 0 Å². The van der Waals surface area contributed by atoms with Crippen LogP contribution in [0, 0.1) is 20.8 Å². The topological polar surface area (TPSA) is 0 Å². The zero-order valence-corrected chi connectivity index (χ0v) is 15.0. The molecule has 0 radical (unpaired) electrons. The van der Waals surface area contributed by atoms with Crippen molar-refractivity contribution in [2.75, 3.05) is 0 Å². The molecule has 0 saturated heterocycles. The third-order valence-electron chi connectivity index (χ3n) is 3.33. The molecule has 100 valence electrons. The zero-order valence-electron chi connectivity index (χ0n) is 11.1. The molecule has 0 bridgehead atoms. The molecule has 0 saturated carbocycles. The molecule has 1 unspecified atom stereocenters. The van der Waals surface area contributed by atoms with E-state index in [0.29, 0.717) is 0 Å². The van der Waals surface area contributed by atoms with E-state index >= 15 is 0 Å². The molecule has 2 rings (SSSR count). The summed E-state index contributed by atoms with van der Waals surface area (Å²) in [5.74, 6) is 0. The van der Waals surface area contributed by atoms with Crippen molar-refractivity contribution in [3.63, 3.8) is 0 Å². The highest BCUT2D eigenvalue weighted by Crippen LogP contribution is 2.37. The Balaban J connectivity index is 2.52. The van der Waals surface area contributed by atoms with E-state index in [1.54, 1.807) is 0 Å². The second-order valence-electron chi connectivity index (χ2n) is 4.82. The summed E-state index contributed by atoms with van der Waals surface area (Å²) in [6.07, 6.45) is 0. The maximum absolute atomic E-state index is 6.12. The Bertz CT molecular complexity index is 620. The van der Waals surface area contributed by atoms with Gasteiger partial charge >= 0.3 is 0 Å². The highest BCUT2D eigenvalue weighted by atomic mass is 79.9. The normalized spacial score (nSPS) is 12.5. The third-order valence-corrected chi connectivity index (χ3v) is 5.41. The van der Waals surface area contributed by atoms with Gasteiger partial charge in [0.1, 0.15) is 0 Å². The van der Waals surface area contributed by atoms with Gasteiger partial charge in [-0.15, -0.1) is 0 Å². The number of halogens is 3. The van der Waals surface area contributed by atoms with Crippen LogP contribution in [0.4, 0.5) is 0 Å². The fourth-order valence-electron chi connectivity index (χ4n) is 2.13. The quantitative estimate of drug-likeness (QED) is 0.502. The van der Waals surface area contributed by atoms with Gasteiger partial charge in [0.05, 0.1) is 4.83 Å². The smallest absolute Gasteiger partial charge is 0.0650 e. The van der Waals surface area contributed by atoms with Gasteiger partial charge < -0.3 is 0 Å². The number of rotatable bonds is 2. The van der Waals surface area contributed by atoms with Crippen LogP contribution in [0.25, 0.3) is 0 Å². The Labute approximate surface area is 136 Å². The number of alkyl halides is 1. The number of benzene rings is 2. The van der Waals surface area contributed by atoms with E-state index in [0.717, 1.165) is 9.50 Å². The lowest BCUT2D eigenvalue weighted by atomic mass is 9.96. The molecule has 0 heterocycles. The molecule has 0 fully saturated rings. The van der Waals surface area contributed by atoms with Crippen molar-refractivity contribution in [3.05, 3.63) is 67.6 Å². The first-order valence-electron chi connectivity index (χ1n) is 6.07. The number of aryl methyl sites for hydroxylation is 3. The van der Waals surface area contributed by atoms with E-state index in [1.165, 1.54) is 27.8 Å². The zero-order chi connectivity index (χ0) is 14.2. The van der Waals surface area contributed by atoms with Crippen molar-refractivity contribution in [2.24, 2.45) is 0 Å². The minimum atomic E-state index is 0.165. The Morgan fingerprint density at radius 2 is 1.53 bits per heavy atom. The molecule has 0 spiro atoms. The lowest BCUT2D eigenvalue weighted by Crippen LogP contribution is -1.99. The summed E-state index contributed by atoms with van der Waals surface area (Å²) in [6.45, 7) is 6.35. The highest BCUT2D eigenvalue weighted by Gasteiger charge is 2.16. The minimum absolute atomic E-state index is 0.165. The summed E-state index contributed by atoms with van der Waals surface area (Å²) in [5.41, 5.74) is 6.25. The van der Waals surface area contributed by atoms with Gasteiger partial charge in [-0.1, -0.05) is 55.6 Å². The van der Waals surface area contributed by atoms with Crippen molar-refractivity contribution < 1.29 is 0 Å². The first-order valence-corrected chi connectivity index (χ1v) is 8.15. The molecule has 0 aliphatic rings. The van der Waals surface area contributed by atoms with E-state index in [-0.39, 0.29) is 4.83 Å². The molecule has 0 N–H and O–H groups in total. The number of hydrogen-bond donors (Lipinski definition) is 0. The van der Waals surface area contributed by atoms with Gasteiger partial charge in [0.2, 0.25) is 0 Å². The van der Waals surface area contributed by atoms with E-state index in [9.17, 15) is 0 Å². The van der Waals surface area contributed by atoms with Crippen LogP contribution in [0.5, 0.6) is 0 Å². The van der Waals surface area contributed by atoms with Crippen molar-refractivity contribution in [1.82, 2.24) is 0 Å². The lowest BCUT2D eigenvalue weighted by molar-refractivity contribution is 1.11. The maximum Gasteiger partial charge on any atom is 0.0650 e. The summed E-state index contributed by atoms with van der Waals surface area (Å²) >= 11 is 13.5. The Hall–Kier alpha value is -0.310. The SMILES string of the molecule is Cc1cc(C(Br)c2cc(Cl)ccc2C)c(C)cc1Br. The van der Waals surface area contributed by atoms with Crippen molar-refractivity contribution in [2.45, 2.75) is 25.6 Å². The van der Waals surface area contributed by atoms with Crippen LogP contribution < -0.4 is 0 Å². The van der Waals surface area contributed by atoms with E-state index in [1.807, 2.05) is 12.1 Å². The molecular formula is C16H15Br2Cl. The summed E-state index contributed by atoms with van der Waals surface area (Å²) in [7, 11) is 0. The molecule has 3 heteroatoms. The molecule has 0 nitrogen and oxygen atoms in total. The molecule has 2 aromatic rings. The van der Waals surface area contributed by atoms with Gasteiger partial charge in [-0.05, 0) is 66.8 Å². The van der Waals surface area contributed by atoms with E-state index < -0.39 is 0 Å². The Morgan fingerprint density at radius 1 is 0.895 bits per heavy atom. The second-order valence-corrected chi connectivity index (χ2v) is 7.03. The number of hydrogen-bond acceptors (Lipinski definition) is 0. The van der Waals surface area contributed by atoms with Crippen LogP contribution in [0.1, 0.15) is 32.6 Å². The van der Waals surface area contributed by atoms with Crippen molar-refractivity contribution >= 4 is 43.5 Å². The molecule has 19 heavy (non-hydrogen) atoms. The van der Waals surface area contributed by atoms with Gasteiger partial charge in [-0.2, -0.15) is 0 Å². The summed E-state index contributed by atoms with van der Waals surface area (Å²) in [4.78, 5) is 0.165. The first kappa shape index (κ1) is 15.1. The lowest BCUT2D eigenvalue weighted by Gasteiger charge is -2.17. The molecule has 0 aromatic heterocycles. The summed E-state index contributed by atoms with van der Waals surface area (Å²) < 4.78 is 1.15. The van der Waals surface area contributed by atoms with Gasteiger partial charge in [-0.3, -0.25) is 0 Å².